The third-order valence-corrected chi connectivity index (χ3v) is 2.29. The Morgan fingerprint density at radius 3 is 2.69 bits per heavy atom. The molecule has 0 saturated heterocycles. The maximum atomic E-state index is 12.4. The Morgan fingerprint density at radius 2 is 2.00 bits per heavy atom. The molecule has 2 rings (SSSR count). The Morgan fingerprint density at radius 1 is 1.23 bits per heavy atom. The van der Waals surface area contributed by atoms with E-state index >= 15 is 0 Å². The number of fused-ring (bicyclic) bond motifs is 1. The van der Waals surface area contributed by atoms with Crippen LogP contribution in [0.4, 0.5) is 13.2 Å². The van der Waals surface area contributed by atoms with Crippen molar-refractivity contribution >= 4 is 0 Å². The van der Waals surface area contributed by atoms with Gasteiger partial charge in [-0.1, -0.05) is 0 Å². The molecule has 13 heavy (non-hydrogen) atoms. The van der Waals surface area contributed by atoms with E-state index < -0.39 is 11.9 Å². The normalized spacial score (nSPS) is 15.9. The van der Waals surface area contributed by atoms with Gasteiger partial charge in [-0.2, -0.15) is 13.2 Å². The zero-order chi connectivity index (χ0) is 9.47. The highest BCUT2D eigenvalue weighted by Gasteiger charge is 2.36. The molecule has 1 aliphatic carbocycles. The number of hydrogen-bond donors (Lipinski definition) is 0. The Balaban J connectivity index is 2.54. The number of rotatable bonds is 0. The lowest BCUT2D eigenvalue weighted by Crippen LogP contribution is -2.11. The van der Waals surface area contributed by atoms with E-state index in [0.717, 1.165) is 18.4 Å². The largest absolute Gasteiger partial charge is 0.433 e. The summed E-state index contributed by atoms with van der Waals surface area (Å²) in [5.74, 6) is 0. The van der Waals surface area contributed by atoms with Gasteiger partial charge < -0.3 is 0 Å². The molecule has 0 unspecified atom stereocenters. The van der Waals surface area contributed by atoms with Gasteiger partial charge in [0.05, 0.1) is 0 Å². The van der Waals surface area contributed by atoms with Gasteiger partial charge in [-0.25, -0.2) is 0 Å². The van der Waals surface area contributed by atoms with Crippen LogP contribution in [0.3, 0.4) is 0 Å². The van der Waals surface area contributed by atoms with Crippen LogP contribution in [0.25, 0.3) is 0 Å². The van der Waals surface area contributed by atoms with Gasteiger partial charge in [0.1, 0.15) is 5.69 Å². The molecule has 0 N–H and O–H groups in total. The summed E-state index contributed by atoms with van der Waals surface area (Å²) in [6.45, 7) is 0. The fourth-order valence-electron chi connectivity index (χ4n) is 1.75. The van der Waals surface area contributed by atoms with Crippen LogP contribution < -0.4 is 0 Å². The van der Waals surface area contributed by atoms with Crippen molar-refractivity contribution in [1.82, 2.24) is 4.98 Å². The van der Waals surface area contributed by atoms with Crippen molar-refractivity contribution in [2.45, 2.75) is 25.4 Å². The maximum Gasteiger partial charge on any atom is 0.433 e. The average molecular weight is 187 g/mol. The fourth-order valence-corrected chi connectivity index (χ4v) is 1.75. The third-order valence-electron chi connectivity index (χ3n) is 2.29. The molecule has 0 saturated carbocycles. The molecule has 0 bridgehead atoms. The summed E-state index contributed by atoms with van der Waals surface area (Å²) in [5.41, 5.74) is 0.514. The summed E-state index contributed by atoms with van der Waals surface area (Å²) in [7, 11) is 0. The molecule has 1 aromatic rings. The van der Waals surface area contributed by atoms with E-state index in [2.05, 4.69) is 4.98 Å². The van der Waals surface area contributed by atoms with E-state index in [4.69, 9.17) is 0 Å². The zero-order valence-corrected chi connectivity index (χ0v) is 6.86. The SMILES string of the molecule is FC(F)(F)c1nccc2c1CCC2. The van der Waals surface area contributed by atoms with Gasteiger partial charge in [-0.3, -0.25) is 4.98 Å². The lowest BCUT2D eigenvalue weighted by Gasteiger charge is -2.09. The number of pyridine rings is 1. The highest BCUT2D eigenvalue weighted by atomic mass is 19.4. The minimum Gasteiger partial charge on any atom is -0.251 e. The van der Waals surface area contributed by atoms with Gasteiger partial charge in [0.2, 0.25) is 0 Å². The summed E-state index contributed by atoms with van der Waals surface area (Å²) in [5, 5.41) is 0. The Kier molecular flexibility index (Phi) is 1.78. The summed E-state index contributed by atoms with van der Waals surface area (Å²) < 4.78 is 37.1. The standard InChI is InChI=1S/C9H8F3N/c10-9(11,12)8-7-3-1-2-6(7)4-5-13-8/h4-5H,1-3H2. The highest BCUT2D eigenvalue weighted by molar-refractivity contribution is 5.35. The van der Waals surface area contributed by atoms with E-state index in [1.165, 1.54) is 6.20 Å². The number of alkyl halides is 3. The van der Waals surface area contributed by atoms with Gasteiger partial charge in [0, 0.05) is 6.20 Å². The second-order valence-corrected chi connectivity index (χ2v) is 3.15. The van der Waals surface area contributed by atoms with Gasteiger partial charge in [-0.15, -0.1) is 0 Å². The molecule has 70 valence electrons. The minimum atomic E-state index is -4.30. The number of halogens is 3. The first-order chi connectivity index (χ1) is 6.09. The van der Waals surface area contributed by atoms with Crippen LogP contribution in [-0.4, -0.2) is 4.98 Å². The predicted molar refractivity (Wildman–Crippen MR) is 41.3 cm³/mol. The van der Waals surface area contributed by atoms with Gasteiger partial charge >= 0.3 is 6.18 Å². The van der Waals surface area contributed by atoms with Crippen molar-refractivity contribution in [2.24, 2.45) is 0 Å². The second kappa shape index (κ2) is 2.72. The molecular weight excluding hydrogens is 179 g/mol. The lowest BCUT2D eigenvalue weighted by molar-refractivity contribution is -0.141. The fraction of sp³-hybridized carbons (Fsp3) is 0.444. The van der Waals surface area contributed by atoms with Gasteiger partial charge in [-0.05, 0) is 36.5 Å². The van der Waals surface area contributed by atoms with Crippen molar-refractivity contribution in [3.05, 3.63) is 29.1 Å². The van der Waals surface area contributed by atoms with Gasteiger partial charge in [0.25, 0.3) is 0 Å². The van der Waals surface area contributed by atoms with E-state index in [-0.39, 0.29) is 0 Å². The minimum absolute atomic E-state index is 0.398. The molecule has 1 aromatic heterocycles. The van der Waals surface area contributed by atoms with Crippen LogP contribution in [0.2, 0.25) is 0 Å². The molecular formula is C9H8F3N. The molecule has 1 aliphatic rings. The molecule has 0 fully saturated rings. The summed E-state index contributed by atoms with van der Waals surface area (Å²) >= 11 is 0. The Hall–Kier alpha value is -1.06. The first-order valence-electron chi connectivity index (χ1n) is 4.13. The first-order valence-corrected chi connectivity index (χ1v) is 4.13. The van der Waals surface area contributed by atoms with Crippen molar-refractivity contribution in [3.63, 3.8) is 0 Å². The van der Waals surface area contributed by atoms with Crippen molar-refractivity contribution in [1.29, 1.82) is 0 Å². The van der Waals surface area contributed by atoms with Crippen LogP contribution >= 0.6 is 0 Å². The number of hydrogen-bond acceptors (Lipinski definition) is 1. The average Bonchev–Trinajstić information content (AvgIpc) is 2.48. The predicted octanol–water partition coefficient (Wildman–Crippen LogP) is 2.59. The molecule has 0 atom stereocenters. The first kappa shape index (κ1) is 8.53. The zero-order valence-electron chi connectivity index (χ0n) is 6.86. The molecule has 1 nitrogen and oxygen atoms in total. The highest BCUT2D eigenvalue weighted by Crippen LogP contribution is 2.34. The third kappa shape index (κ3) is 1.41. The quantitative estimate of drug-likeness (QED) is 0.608. The van der Waals surface area contributed by atoms with Crippen LogP contribution in [-0.2, 0) is 19.0 Å². The van der Waals surface area contributed by atoms with Crippen LogP contribution in [0, 0.1) is 0 Å². The molecule has 0 aliphatic heterocycles. The van der Waals surface area contributed by atoms with E-state index in [1.807, 2.05) is 0 Å². The molecule has 0 radical (unpaired) electrons. The van der Waals surface area contributed by atoms with Crippen molar-refractivity contribution in [2.75, 3.05) is 0 Å². The van der Waals surface area contributed by atoms with E-state index in [1.54, 1.807) is 6.07 Å². The summed E-state index contributed by atoms with van der Waals surface area (Å²) in [6, 6.07) is 1.68. The van der Waals surface area contributed by atoms with Gasteiger partial charge in [0.15, 0.2) is 0 Å². The molecule has 0 aromatic carbocycles. The number of nitrogens with zero attached hydrogens (tertiary/aromatic N) is 1. The van der Waals surface area contributed by atoms with Crippen molar-refractivity contribution in [3.8, 4) is 0 Å². The smallest absolute Gasteiger partial charge is 0.251 e. The lowest BCUT2D eigenvalue weighted by atomic mass is 10.1. The topological polar surface area (TPSA) is 12.9 Å². The van der Waals surface area contributed by atoms with Crippen LogP contribution in [0.15, 0.2) is 12.3 Å². The number of aryl methyl sites for hydroxylation is 1. The molecule has 0 spiro atoms. The van der Waals surface area contributed by atoms with Crippen LogP contribution in [0.5, 0.6) is 0 Å². The second-order valence-electron chi connectivity index (χ2n) is 3.15. The monoisotopic (exact) mass is 187 g/mol. The van der Waals surface area contributed by atoms with Crippen molar-refractivity contribution < 1.29 is 13.2 Å². The summed E-state index contributed by atoms with van der Waals surface area (Å²) in [6.07, 6.45) is -0.980. The van der Waals surface area contributed by atoms with Crippen LogP contribution in [0.1, 0.15) is 23.2 Å². The Bertz CT molecular complexity index is 330. The Labute approximate surface area is 73.6 Å². The molecule has 0 amide bonds. The molecule has 4 heteroatoms. The molecule has 1 heterocycles. The van der Waals surface area contributed by atoms with E-state index in [0.29, 0.717) is 12.0 Å². The van der Waals surface area contributed by atoms with E-state index in [9.17, 15) is 13.2 Å². The maximum absolute atomic E-state index is 12.4. The number of aromatic nitrogens is 1. The summed E-state index contributed by atoms with van der Waals surface area (Å²) in [4.78, 5) is 3.40.